The van der Waals surface area contributed by atoms with E-state index in [9.17, 15) is 5.11 Å². The zero-order valence-corrected chi connectivity index (χ0v) is 10.8. The Hall–Kier alpha value is -0.550. The molecule has 0 spiro atoms. The minimum atomic E-state index is -0.154. The average Bonchev–Trinajstić information content (AvgIpc) is 2.81. The van der Waals surface area contributed by atoms with E-state index in [2.05, 4.69) is 14.8 Å². The highest BCUT2D eigenvalue weighted by atomic mass is 32.2. The largest absolute Gasteiger partial charge is 0.392 e. The van der Waals surface area contributed by atoms with E-state index >= 15 is 0 Å². The average molecular weight is 253 g/mol. The van der Waals surface area contributed by atoms with E-state index in [1.165, 1.54) is 19.3 Å². The second kappa shape index (κ2) is 4.98. The van der Waals surface area contributed by atoms with Crippen LogP contribution in [0.3, 0.4) is 0 Å². The maximum Gasteiger partial charge on any atom is 0.191 e. The van der Waals surface area contributed by atoms with Gasteiger partial charge in [-0.05, 0) is 32.1 Å². The van der Waals surface area contributed by atoms with Gasteiger partial charge in [-0.3, -0.25) is 0 Å². The standard InChI is InChI=1S/C12H19N3OS/c16-9-5-4-6-10(9)17-12-14-13-11-7-2-1-3-8-15(11)12/h9-10,16H,1-8H2/t9-,10-/m0/s1. The molecule has 1 saturated carbocycles. The Morgan fingerprint density at radius 1 is 1.12 bits per heavy atom. The highest BCUT2D eigenvalue weighted by Gasteiger charge is 2.28. The molecule has 94 valence electrons. The second-order valence-electron chi connectivity index (χ2n) is 5.02. The summed E-state index contributed by atoms with van der Waals surface area (Å²) in [6.07, 6.45) is 7.84. The molecule has 1 aromatic heterocycles. The van der Waals surface area contributed by atoms with Crippen molar-refractivity contribution in [1.82, 2.24) is 14.8 Å². The van der Waals surface area contributed by atoms with E-state index in [1.807, 2.05) is 0 Å². The third-order valence-corrected chi connectivity index (χ3v) is 5.12. The van der Waals surface area contributed by atoms with Crippen LogP contribution in [-0.4, -0.2) is 31.2 Å². The summed E-state index contributed by atoms with van der Waals surface area (Å²) < 4.78 is 2.27. The maximum atomic E-state index is 9.87. The molecule has 0 amide bonds. The summed E-state index contributed by atoms with van der Waals surface area (Å²) in [6, 6.07) is 0. The Bertz CT molecular complexity index is 393. The molecule has 3 rings (SSSR count). The highest BCUT2D eigenvalue weighted by Crippen LogP contribution is 2.35. The van der Waals surface area contributed by atoms with Gasteiger partial charge in [-0.1, -0.05) is 18.2 Å². The summed E-state index contributed by atoms with van der Waals surface area (Å²) in [7, 11) is 0. The lowest BCUT2D eigenvalue weighted by Crippen LogP contribution is -2.16. The number of aliphatic hydroxyl groups is 1. The lowest BCUT2D eigenvalue weighted by Gasteiger charge is -2.14. The molecule has 1 fully saturated rings. The van der Waals surface area contributed by atoms with Gasteiger partial charge in [0.25, 0.3) is 0 Å². The van der Waals surface area contributed by atoms with E-state index in [0.717, 1.165) is 43.2 Å². The van der Waals surface area contributed by atoms with E-state index in [1.54, 1.807) is 11.8 Å². The van der Waals surface area contributed by atoms with Gasteiger partial charge in [0.15, 0.2) is 5.16 Å². The topological polar surface area (TPSA) is 50.9 Å². The van der Waals surface area contributed by atoms with Crippen molar-refractivity contribution < 1.29 is 5.11 Å². The van der Waals surface area contributed by atoms with Crippen molar-refractivity contribution in [3.63, 3.8) is 0 Å². The second-order valence-corrected chi connectivity index (χ2v) is 6.22. The molecule has 0 aromatic carbocycles. The van der Waals surface area contributed by atoms with E-state index in [0.29, 0.717) is 5.25 Å². The first-order valence-electron chi connectivity index (χ1n) is 6.61. The first-order valence-corrected chi connectivity index (χ1v) is 7.49. The van der Waals surface area contributed by atoms with Gasteiger partial charge in [0.05, 0.1) is 6.10 Å². The molecule has 0 radical (unpaired) electrons. The molecule has 1 aliphatic carbocycles. The Morgan fingerprint density at radius 2 is 2.06 bits per heavy atom. The number of thioether (sulfide) groups is 1. The first kappa shape index (κ1) is 11.5. The van der Waals surface area contributed by atoms with Crippen LogP contribution in [0.1, 0.15) is 44.3 Å². The molecule has 4 nitrogen and oxygen atoms in total. The molecule has 2 aliphatic rings. The van der Waals surface area contributed by atoms with Crippen molar-refractivity contribution in [2.24, 2.45) is 0 Å². The van der Waals surface area contributed by atoms with E-state index in [4.69, 9.17) is 0 Å². The Balaban J connectivity index is 1.76. The van der Waals surface area contributed by atoms with Crippen molar-refractivity contribution >= 4 is 11.8 Å². The highest BCUT2D eigenvalue weighted by molar-refractivity contribution is 7.99. The fourth-order valence-corrected chi connectivity index (χ4v) is 3.99. The van der Waals surface area contributed by atoms with Gasteiger partial charge in [0.2, 0.25) is 0 Å². The summed E-state index contributed by atoms with van der Waals surface area (Å²) in [6.45, 7) is 1.05. The number of aryl methyl sites for hydroxylation is 1. The summed E-state index contributed by atoms with van der Waals surface area (Å²) in [5.41, 5.74) is 0. The molecule has 1 aliphatic heterocycles. The molecule has 17 heavy (non-hydrogen) atoms. The molecular weight excluding hydrogens is 234 g/mol. The van der Waals surface area contributed by atoms with Crippen LogP contribution in [0.25, 0.3) is 0 Å². The van der Waals surface area contributed by atoms with Gasteiger partial charge in [-0.25, -0.2) is 0 Å². The minimum absolute atomic E-state index is 0.154. The van der Waals surface area contributed by atoms with Crippen LogP contribution < -0.4 is 0 Å². The maximum absolute atomic E-state index is 9.87. The number of hydrogen-bond acceptors (Lipinski definition) is 4. The Morgan fingerprint density at radius 3 is 2.88 bits per heavy atom. The molecule has 1 N–H and O–H groups in total. The number of fused-ring (bicyclic) bond motifs is 1. The van der Waals surface area contributed by atoms with E-state index < -0.39 is 0 Å². The van der Waals surface area contributed by atoms with Crippen LogP contribution in [0.5, 0.6) is 0 Å². The normalized spacial score (nSPS) is 29.0. The van der Waals surface area contributed by atoms with Crippen molar-refractivity contribution in [3.05, 3.63) is 5.82 Å². The molecule has 1 aromatic rings. The van der Waals surface area contributed by atoms with Crippen LogP contribution in [0.4, 0.5) is 0 Å². The Kier molecular flexibility index (Phi) is 3.38. The molecule has 0 saturated heterocycles. The predicted octanol–water partition coefficient (Wildman–Crippen LogP) is 2.01. The van der Waals surface area contributed by atoms with Crippen molar-refractivity contribution in [2.75, 3.05) is 0 Å². The van der Waals surface area contributed by atoms with Gasteiger partial charge < -0.3 is 9.67 Å². The number of aromatic nitrogens is 3. The smallest absolute Gasteiger partial charge is 0.191 e. The van der Waals surface area contributed by atoms with Crippen LogP contribution in [0.15, 0.2) is 5.16 Å². The van der Waals surface area contributed by atoms with Crippen molar-refractivity contribution in [1.29, 1.82) is 0 Å². The molecule has 2 heterocycles. The summed E-state index contributed by atoms with van der Waals surface area (Å²) in [5, 5.41) is 19.8. The number of nitrogens with zero attached hydrogens (tertiary/aromatic N) is 3. The SMILES string of the molecule is O[C@H]1CCC[C@@H]1Sc1nnc2n1CCCCC2. The monoisotopic (exact) mass is 253 g/mol. The van der Waals surface area contributed by atoms with Gasteiger partial charge in [-0.15, -0.1) is 10.2 Å². The lowest BCUT2D eigenvalue weighted by atomic mass is 10.2. The van der Waals surface area contributed by atoms with Crippen molar-refractivity contribution in [2.45, 2.75) is 68.0 Å². The first-order chi connectivity index (χ1) is 8.34. The summed E-state index contributed by atoms with van der Waals surface area (Å²) in [4.78, 5) is 0. The summed E-state index contributed by atoms with van der Waals surface area (Å²) in [5.74, 6) is 1.14. The zero-order chi connectivity index (χ0) is 11.7. The van der Waals surface area contributed by atoms with Gasteiger partial charge in [0, 0.05) is 18.2 Å². The molecular formula is C12H19N3OS. The fraction of sp³-hybridized carbons (Fsp3) is 0.833. The van der Waals surface area contributed by atoms with Gasteiger partial charge >= 0.3 is 0 Å². The number of aliphatic hydroxyl groups excluding tert-OH is 1. The van der Waals surface area contributed by atoms with E-state index in [-0.39, 0.29) is 6.10 Å². The lowest BCUT2D eigenvalue weighted by molar-refractivity contribution is 0.188. The quantitative estimate of drug-likeness (QED) is 0.876. The van der Waals surface area contributed by atoms with Gasteiger partial charge in [-0.2, -0.15) is 0 Å². The fourth-order valence-electron chi connectivity index (χ4n) is 2.72. The molecule has 5 heteroatoms. The zero-order valence-electron chi connectivity index (χ0n) is 10.0. The third kappa shape index (κ3) is 2.36. The predicted molar refractivity (Wildman–Crippen MR) is 67.1 cm³/mol. The van der Waals surface area contributed by atoms with Crippen LogP contribution >= 0.6 is 11.8 Å². The number of hydrogen-bond donors (Lipinski definition) is 1. The molecule has 0 unspecified atom stereocenters. The molecule has 2 atom stereocenters. The van der Waals surface area contributed by atoms with Gasteiger partial charge in [0.1, 0.15) is 5.82 Å². The molecule has 0 bridgehead atoms. The van der Waals surface area contributed by atoms with Crippen LogP contribution in [0.2, 0.25) is 0 Å². The number of rotatable bonds is 2. The van der Waals surface area contributed by atoms with Crippen LogP contribution in [-0.2, 0) is 13.0 Å². The van der Waals surface area contributed by atoms with Crippen LogP contribution in [0, 0.1) is 0 Å². The summed E-state index contributed by atoms with van der Waals surface area (Å²) >= 11 is 1.73. The third-order valence-electron chi connectivity index (χ3n) is 3.75. The minimum Gasteiger partial charge on any atom is -0.392 e. The van der Waals surface area contributed by atoms with Crippen molar-refractivity contribution in [3.8, 4) is 0 Å². The Labute approximate surface area is 106 Å².